The van der Waals surface area contributed by atoms with Crippen molar-refractivity contribution in [3.05, 3.63) is 24.3 Å². The third kappa shape index (κ3) is 7.01. The Morgan fingerprint density at radius 1 is 0.800 bits per heavy atom. The van der Waals surface area contributed by atoms with Crippen molar-refractivity contribution in [2.75, 3.05) is 0 Å². The first-order valence-corrected chi connectivity index (χ1v) is 3.32. The van der Waals surface area contributed by atoms with Crippen molar-refractivity contribution in [3.63, 3.8) is 0 Å². The van der Waals surface area contributed by atoms with Crippen molar-refractivity contribution in [1.82, 2.24) is 0 Å². The molecule has 0 aromatic rings. The van der Waals surface area contributed by atoms with Crippen LogP contribution in [0, 0.1) is 0 Å². The Bertz CT molecular complexity index is 93.8. The molecule has 0 saturated heterocycles. The molecular formula is C8H13IPt. The van der Waals surface area contributed by atoms with Gasteiger partial charge in [0.2, 0.25) is 0 Å². The van der Waals surface area contributed by atoms with Crippen molar-refractivity contribution < 1.29 is 21.1 Å². The van der Waals surface area contributed by atoms with E-state index in [9.17, 15) is 0 Å². The van der Waals surface area contributed by atoms with Gasteiger partial charge in [-0.25, -0.2) is 0 Å². The van der Waals surface area contributed by atoms with Crippen LogP contribution in [0.15, 0.2) is 24.3 Å². The molecule has 0 heterocycles. The van der Waals surface area contributed by atoms with Gasteiger partial charge < -0.3 is 0 Å². The summed E-state index contributed by atoms with van der Waals surface area (Å²) in [5, 5.41) is 0. The molecule has 0 N–H and O–H groups in total. The van der Waals surface area contributed by atoms with E-state index >= 15 is 0 Å². The van der Waals surface area contributed by atoms with Crippen LogP contribution in [0.4, 0.5) is 0 Å². The summed E-state index contributed by atoms with van der Waals surface area (Å²) in [6.07, 6.45) is 14.0. The molecule has 0 amide bonds. The quantitative estimate of drug-likeness (QED) is 0.517. The van der Waals surface area contributed by atoms with Crippen molar-refractivity contribution in [1.29, 1.82) is 0 Å². The van der Waals surface area contributed by atoms with Crippen molar-refractivity contribution >= 4 is 24.0 Å². The van der Waals surface area contributed by atoms with Crippen molar-refractivity contribution in [2.24, 2.45) is 0 Å². The van der Waals surface area contributed by atoms with Gasteiger partial charge in [-0.2, -0.15) is 0 Å². The van der Waals surface area contributed by atoms with Gasteiger partial charge in [0, 0.05) is 21.1 Å². The molecule has 0 radical (unpaired) electrons. The van der Waals surface area contributed by atoms with Gasteiger partial charge in [-0.3, -0.25) is 0 Å². The van der Waals surface area contributed by atoms with Crippen LogP contribution in [0.3, 0.4) is 0 Å². The molecule has 10 heavy (non-hydrogen) atoms. The summed E-state index contributed by atoms with van der Waals surface area (Å²) in [6, 6.07) is 0. The fourth-order valence-electron chi connectivity index (χ4n) is 0.874. The summed E-state index contributed by atoms with van der Waals surface area (Å²) in [7, 11) is 0. The van der Waals surface area contributed by atoms with Crippen LogP contribution >= 0.6 is 24.0 Å². The van der Waals surface area contributed by atoms with Gasteiger partial charge in [0.1, 0.15) is 0 Å². The van der Waals surface area contributed by atoms with Crippen LogP contribution in [0.25, 0.3) is 0 Å². The summed E-state index contributed by atoms with van der Waals surface area (Å²) in [6.45, 7) is 0. The molecule has 0 bridgehead atoms. The summed E-state index contributed by atoms with van der Waals surface area (Å²) in [5.74, 6) is 0. The zero-order valence-corrected chi connectivity index (χ0v) is 10.5. The van der Waals surface area contributed by atoms with Crippen molar-refractivity contribution in [3.8, 4) is 0 Å². The smallest absolute Gasteiger partial charge is 0 e. The SMILES string of the molecule is C1=CCCCCC=C1.I.[Pt]. The number of hydrogen-bond acceptors (Lipinski definition) is 0. The maximum atomic E-state index is 2.23. The molecule has 0 spiro atoms. The topological polar surface area (TPSA) is 0 Å². The van der Waals surface area contributed by atoms with Gasteiger partial charge in [0.25, 0.3) is 0 Å². The number of rotatable bonds is 0. The molecule has 62 valence electrons. The second kappa shape index (κ2) is 9.90. The second-order valence-corrected chi connectivity index (χ2v) is 2.14. The van der Waals surface area contributed by atoms with Crippen LogP contribution in [-0.2, 0) is 21.1 Å². The first kappa shape index (κ1) is 13.5. The van der Waals surface area contributed by atoms with E-state index in [2.05, 4.69) is 24.3 Å². The minimum absolute atomic E-state index is 0. The first-order chi connectivity index (χ1) is 4.00. The Morgan fingerprint density at radius 2 is 1.20 bits per heavy atom. The Balaban J connectivity index is 0. The van der Waals surface area contributed by atoms with Gasteiger partial charge in [-0.05, 0) is 25.7 Å². The predicted molar refractivity (Wildman–Crippen MR) is 52.2 cm³/mol. The van der Waals surface area contributed by atoms with Crippen LogP contribution in [-0.4, -0.2) is 0 Å². The molecule has 1 rings (SSSR count). The van der Waals surface area contributed by atoms with E-state index in [4.69, 9.17) is 0 Å². The molecule has 0 saturated carbocycles. The minimum Gasteiger partial charge on any atom is -0.107 e. The maximum Gasteiger partial charge on any atom is 0 e. The van der Waals surface area contributed by atoms with Crippen molar-refractivity contribution in [2.45, 2.75) is 25.7 Å². The molecule has 0 atom stereocenters. The Hall–Kier alpha value is 0.898. The fourth-order valence-corrected chi connectivity index (χ4v) is 0.874. The van der Waals surface area contributed by atoms with Gasteiger partial charge in [-0.1, -0.05) is 24.3 Å². The van der Waals surface area contributed by atoms with Gasteiger partial charge >= 0.3 is 0 Å². The van der Waals surface area contributed by atoms with E-state index in [0.29, 0.717) is 0 Å². The van der Waals surface area contributed by atoms with Crippen LogP contribution in [0.1, 0.15) is 25.7 Å². The first-order valence-electron chi connectivity index (χ1n) is 3.32. The van der Waals surface area contributed by atoms with E-state index in [-0.39, 0.29) is 45.0 Å². The van der Waals surface area contributed by atoms with Gasteiger partial charge in [0.05, 0.1) is 0 Å². The summed E-state index contributed by atoms with van der Waals surface area (Å²) < 4.78 is 0. The van der Waals surface area contributed by atoms with E-state index < -0.39 is 0 Å². The Kier molecular flexibility index (Phi) is 13.3. The maximum absolute atomic E-state index is 2.23. The van der Waals surface area contributed by atoms with Crippen LogP contribution in [0.2, 0.25) is 0 Å². The normalized spacial score (nSPS) is 16.0. The minimum atomic E-state index is 0. The molecule has 0 aromatic heterocycles. The standard InChI is InChI=1S/C8H12.HI.Pt/c1-2-4-6-8-7-5-3-1;;/h1-4H,5-8H2;1H;. The molecule has 0 nitrogen and oxygen atoms in total. The third-order valence-corrected chi connectivity index (χ3v) is 1.37. The van der Waals surface area contributed by atoms with Crippen LogP contribution < -0.4 is 0 Å². The van der Waals surface area contributed by atoms with Crippen LogP contribution in [0.5, 0.6) is 0 Å². The number of halogens is 1. The largest absolute Gasteiger partial charge is 0.107 e. The fraction of sp³-hybridized carbons (Fsp3) is 0.500. The third-order valence-electron chi connectivity index (χ3n) is 1.37. The average Bonchev–Trinajstić information content (AvgIpc) is 1.62. The summed E-state index contributed by atoms with van der Waals surface area (Å²) in [4.78, 5) is 0. The zero-order chi connectivity index (χ0) is 5.66. The molecule has 2 heteroatoms. The molecule has 0 aliphatic heterocycles. The predicted octanol–water partition coefficient (Wildman–Crippen LogP) is 3.29. The van der Waals surface area contributed by atoms with E-state index in [1.807, 2.05) is 0 Å². The van der Waals surface area contributed by atoms with Gasteiger partial charge in [-0.15, -0.1) is 24.0 Å². The second-order valence-electron chi connectivity index (χ2n) is 2.14. The van der Waals surface area contributed by atoms with E-state index in [1.165, 1.54) is 25.7 Å². The summed E-state index contributed by atoms with van der Waals surface area (Å²) in [5.41, 5.74) is 0. The Morgan fingerprint density at radius 3 is 1.60 bits per heavy atom. The molecule has 1 aliphatic carbocycles. The Labute approximate surface area is 94.4 Å². The molecular weight excluding hydrogens is 418 g/mol. The van der Waals surface area contributed by atoms with Gasteiger partial charge in [0.15, 0.2) is 0 Å². The molecule has 0 unspecified atom stereocenters. The molecule has 1 aliphatic rings. The van der Waals surface area contributed by atoms with E-state index in [0.717, 1.165) is 0 Å². The average molecular weight is 431 g/mol. The summed E-state index contributed by atoms with van der Waals surface area (Å²) >= 11 is 0. The number of allylic oxidation sites excluding steroid dienone is 4. The monoisotopic (exact) mass is 431 g/mol. The zero-order valence-electron chi connectivity index (χ0n) is 5.86. The molecule has 0 fully saturated rings. The molecule has 0 aromatic carbocycles. The number of hydrogen-bond donors (Lipinski definition) is 0. The van der Waals surface area contributed by atoms with E-state index in [1.54, 1.807) is 0 Å².